The maximum Gasteiger partial charge on any atom is 0.252 e. The summed E-state index contributed by atoms with van der Waals surface area (Å²) >= 11 is 1.04. The molecule has 1 amide bonds. The van der Waals surface area contributed by atoms with Crippen molar-refractivity contribution in [3.05, 3.63) is 41.3 Å². The number of hydrogen-bond donors (Lipinski definition) is 2. The fourth-order valence-corrected chi connectivity index (χ4v) is 5.88. The van der Waals surface area contributed by atoms with E-state index in [0.29, 0.717) is 10.6 Å². The molecule has 0 fully saturated rings. The molecule has 29 heavy (non-hydrogen) atoms. The number of amides is 1. The van der Waals surface area contributed by atoms with Crippen LogP contribution in [-0.4, -0.2) is 54.3 Å². The molecule has 0 radical (unpaired) electrons. The standard InChI is InChI=1S/C17H23N3O6S3/c1-12(19-28(22,23)15-8-5-13(26-4)6-9-15)17(21)18-11-14-7-10-16(27-14)29(24,25)20(2)3/h5-10,12,19H,11H2,1-4H3,(H,18,21)/t12-/m0/s1. The summed E-state index contributed by atoms with van der Waals surface area (Å²) < 4.78 is 57.5. The molecule has 0 bridgehead atoms. The minimum atomic E-state index is -3.89. The molecule has 0 unspecified atom stereocenters. The smallest absolute Gasteiger partial charge is 0.252 e. The Morgan fingerprint density at radius 2 is 1.72 bits per heavy atom. The highest BCUT2D eigenvalue weighted by molar-refractivity contribution is 7.91. The van der Waals surface area contributed by atoms with Gasteiger partial charge in [-0.1, -0.05) is 0 Å². The summed E-state index contributed by atoms with van der Waals surface area (Å²) in [6.07, 6.45) is 0. The average Bonchev–Trinajstić information content (AvgIpc) is 3.15. The second kappa shape index (κ2) is 9.22. The van der Waals surface area contributed by atoms with Crippen molar-refractivity contribution < 1.29 is 26.4 Å². The minimum Gasteiger partial charge on any atom is -0.497 e. The first-order valence-corrected chi connectivity index (χ1v) is 12.2. The summed E-state index contributed by atoms with van der Waals surface area (Å²) in [6, 6.07) is 7.83. The normalized spacial score (nSPS) is 13.3. The van der Waals surface area contributed by atoms with E-state index < -0.39 is 32.0 Å². The lowest BCUT2D eigenvalue weighted by Crippen LogP contribution is -2.44. The number of ether oxygens (including phenoxy) is 1. The van der Waals surface area contributed by atoms with Crippen LogP contribution < -0.4 is 14.8 Å². The van der Waals surface area contributed by atoms with E-state index in [4.69, 9.17) is 4.74 Å². The molecule has 2 rings (SSSR count). The molecule has 1 aromatic heterocycles. The molecule has 1 aromatic carbocycles. The molecule has 0 aliphatic rings. The molecule has 0 spiro atoms. The number of nitrogens with one attached hydrogen (secondary N) is 2. The van der Waals surface area contributed by atoms with Crippen molar-refractivity contribution in [2.24, 2.45) is 0 Å². The van der Waals surface area contributed by atoms with Gasteiger partial charge in [0.2, 0.25) is 15.9 Å². The molecule has 160 valence electrons. The number of sulfonamides is 2. The van der Waals surface area contributed by atoms with Crippen LogP contribution in [0.15, 0.2) is 45.5 Å². The third-order valence-corrected chi connectivity index (χ3v) is 8.83. The van der Waals surface area contributed by atoms with Crippen molar-refractivity contribution in [3.8, 4) is 5.75 Å². The summed E-state index contributed by atoms with van der Waals surface area (Å²) in [5.74, 6) is -0.0196. The number of rotatable bonds is 9. The van der Waals surface area contributed by atoms with Gasteiger partial charge in [0.1, 0.15) is 9.96 Å². The van der Waals surface area contributed by atoms with Gasteiger partial charge in [-0.3, -0.25) is 4.79 Å². The number of carbonyl (C=O) groups is 1. The zero-order valence-corrected chi connectivity index (χ0v) is 18.8. The summed E-state index contributed by atoms with van der Waals surface area (Å²) in [5, 5.41) is 2.60. The number of nitrogens with zero attached hydrogens (tertiary/aromatic N) is 1. The minimum absolute atomic E-state index is 0.00902. The molecular weight excluding hydrogens is 438 g/mol. The van der Waals surface area contributed by atoms with Crippen molar-refractivity contribution in [2.75, 3.05) is 21.2 Å². The van der Waals surface area contributed by atoms with Crippen LogP contribution in [0.1, 0.15) is 11.8 Å². The lowest BCUT2D eigenvalue weighted by atomic mass is 10.3. The van der Waals surface area contributed by atoms with Crippen molar-refractivity contribution in [1.29, 1.82) is 0 Å². The van der Waals surface area contributed by atoms with E-state index in [1.807, 2.05) is 0 Å². The van der Waals surface area contributed by atoms with E-state index >= 15 is 0 Å². The second-order valence-corrected chi connectivity index (χ2v) is 11.5. The Kier molecular flexibility index (Phi) is 7.40. The predicted molar refractivity (Wildman–Crippen MR) is 110 cm³/mol. The van der Waals surface area contributed by atoms with Gasteiger partial charge in [0, 0.05) is 19.0 Å². The second-order valence-electron chi connectivity index (χ2n) is 6.24. The van der Waals surface area contributed by atoms with E-state index in [9.17, 15) is 21.6 Å². The lowest BCUT2D eigenvalue weighted by molar-refractivity contribution is -0.122. The van der Waals surface area contributed by atoms with E-state index in [2.05, 4.69) is 10.0 Å². The van der Waals surface area contributed by atoms with Crippen molar-refractivity contribution >= 4 is 37.3 Å². The first-order chi connectivity index (χ1) is 13.5. The highest BCUT2D eigenvalue weighted by atomic mass is 32.2. The SMILES string of the molecule is COc1ccc(S(=O)(=O)N[C@@H](C)C(=O)NCc2ccc(S(=O)(=O)N(C)C)s2)cc1. The molecule has 1 atom stereocenters. The Balaban J connectivity index is 1.98. The van der Waals surface area contributed by atoms with Crippen LogP contribution >= 0.6 is 11.3 Å². The zero-order valence-electron chi connectivity index (χ0n) is 16.4. The van der Waals surface area contributed by atoms with Gasteiger partial charge >= 0.3 is 0 Å². The van der Waals surface area contributed by atoms with Crippen LogP contribution in [0.4, 0.5) is 0 Å². The lowest BCUT2D eigenvalue weighted by Gasteiger charge is -2.14. The number of hydrogen-bond acceptors (Lipinski definition) is 7. The van der Waals surface area contributed by atoms with Crippen LogP contribution in [0, 0.1) is 0 Å². The Morgan fingerprint density at radius 3 is 2.28 bits per heavy atom. The summed E-state index contributed by atoms with van der Waals surface area (Å²) in [4.78, 5) is 12.9. The number of carbonyl (C=O) groups excluding carboxylic acids is 1. The predicted octanol–water partition coefficient (Wildman–Crippen LogP) is 0.990. The Hall–Kier alpha value is -1.99. The van der Waals surface area contributed by atoms with Crippen LogP contribution in [0.5, 0.6) is 5.75 Å². The third kappa shape index (κ3) is 5.76. The molecule has 0 saturated heterocycles. The van der Waals surface area contributed by atoms with Gasteiger partial charge in [-0.15, -0.1) is 11.3 Å². The molecule has 9 nitrogen and oxygen atoms in total. The van der Waals surface area contributed by atoms with Gasteiger partial charge in [0.05, 0.1) is 24.6 Å². The van der Waals surface area contributed by atoms with E-state index in [-0.39, 0.29) is 15.6 Å². The van der Waals surface area contributed by atoms with Gasteiger partial charge in [-0.05, 0) is 43.3 Å². The van der Waals surface area contributed by atoms with Gasteiger partial charge in [0.25, 0.3) is 10.0 Å². The molecular formula is C17H23N3O6S3. The number of benzene rings is 1. The highest BCUT2D eigenvalue weighted by Gasteiger charge is 2.23. The largest absolute Gasteiger partial charge is 0.497 e. The monoisotopic (exact) mass is 461 g/mol. The van der Waals surface area contributed by atoms with Crippen LogP contribution in [0.2, 0.25) is 0 Å². The highest BCUT2D eigenvalue weighted by Crippen LogP contribution is 2.23. The molecule has 0 saturated carbocycles. The fraction of sp³-hybridized carbons (Fsp3) is 0.353. The Bertz CT molecular complexity index is 1060. The molecule has 12 heteroatoms. The Labute approximate surface area is 174 Å². The van der Waals surface area contributed by atoms with Crippen molar-refractivity contribution in [1.82, 2.24) is 14.3 Å². The molecule has 0 aliphatic heterocycles. The topological polar surface area (TPSA) is 122 Å². The van der Waals surface area contributed by atoms with Gasteiger partial charge in [0.15, 0.2) is 0 Å². The maximum atomic E-state index is 12.4. The van der Waals surface area contributed by atoms with Gasteiger partial charge < -0.3 is 10.1 Å². The molecule has 1 heterocycles. The summed E-state index contributed by atoms with van der Waals surface area (Å²) in [6.45, 7) is 1.51. The first-order valence-electron chi connectivity index (χ1n) is 8.42. The summed E-state index contributed by atoms with van der Waals surface area (Å²) in [5.41, 5.74) is 0. The zero-order chi connectivity index (χ0) is 21.8. The van der Waals surface area contributed by atoms with Gasteiger partial charge in [-0.2, -0.15) is 4.72 Å². The average molecular weight is 462 g/mol. The van der Waals surface area contributed by atoms with Gasteiger partial charge in [-0.25, -0.2) is 21.1 Å². The van der Waals surface area contributed by atoms with Crippen molar-refractivity contribution in [3.63, 3.8) is 0 Å². The van der Waals surface area contributed by atoms with E-state index in [1.165, 1.54) is 58.5 Å². The molecule has 2 aromatic rings. The number of thiophene rings is 1. The number of methoxy groups -OCH3 is 1. The fourth-order valence-electron chi connectivity index (χ4n) is 2.21. The Morgan fingerprint density at radius 1 is 1.10 bits per heavy atom. The summed E-state index contributed by atoms with van der Waals surface area (Å²) in [7, 11) is -3.07. The third-order valence-electron chi connectivity index (χ3n) is 3.90. The molecule has 0 aliphatic carbocycles. The molecule has 2 N–H and O–H groups in total. The van der Waals surface area contributed by atoms with Crippen LogP contribution in [-0.2, 0) is 31.4 Å². The first kappa shape index (κ1) is 23.3. The van der Waals surface area contributed by atoms with Crippen LogP contribution in [0.3, 0.4) is 0 Å². The van der Waals surface area contributed by atoms with E-state index in [0.717, 1.165) is 15.6 Å². The maximum absolute atomic E-state index is 12.4. The van der Waals surface area contributed by atoms with E-state index in [1.54, 1.807) is 6.07 Å². The van der Waals surface area contributed by atoms with Crippen LogP contribution in [0.25, 0.3) is 0 Å². The quantitative estimate of drug-likeness (QED) is 0.574. The van der Waals surface area contributed by atoms with Crippen molar-refractivity contribution in [2.45, 2.75) is 28.6 Å².